The molecule has 2 rings (SSSR count). The number of unbranched alkanes of at least 4 members (excludes halogenated alkanes) is 1. The zero-order valence-electron chi connectivity index (χ0n) is 17.5. The monoisotopic (exact) mass is 437 g/mol. The number of carboxylic acid groups (broad SMARTS) is 1. The first-order chi connectivity index (χ1) is 13.9. The standard InChI is InChI=1S/C21H27NO7S/c1-5-6-11-28-19-17(20(23)24)12-16(18(22-19)29-13-21(2,3)25)14-7-9-15(10-8-14)30(4,26)27/h7-10,12,25H,5-6,11,13H2,1-4H3,(H,23,24). The lowest BCUT2D eigenvalue weighted by atomic mass is 10.0. The van der Waals surface area contributed by atoms with Crippen molar-refractivity contribution < 1.29 is 32.9 Å². The molecule has 0 unspecified atom stereocenters. The van der Waals surface area contributed by atoms with E-state index >= 15 is 0 Å². The Hall–Kier alpha value is -2.65. The van der Waals surface area contributed by atoms with Gasteiger partial charge < -0.3 is 19.7 Å². The van der Waals surface area contributed by atoms with Crippen LogP contribution < -0.4 is 9.47 Å². The normalized spacial score (nSPS) is 11.9. The third-order valence-corrected chi connectivity index (χ3v) is 5.20. The van der Waals surface area contributed by atoms with Crippen LogP contribution in [0.3, 0.4) is 0 Å². The molecule has 1 aromatic carbocycles. The lowest BCUT2D eigenvalue weighted by Gasteiger charge is -2.20. The van der Waals surface area contributed by atoms with E-state index in [-0.39, 0.29) is 28.8 Å². The fourth-order valence-electron chi connectivity index (χ4n) is 2.50. The molecule has 164 valence electrons. The molecule has 0 aliphatic carbocycles. The molecule has 0 aliphatic heterocycles. The summed E-state index contributed by atoms with van der Waals surface area (Å²) in [6.07, 6.45) is 2.71. The van der Waals surface area contributed by atoms with E-state index in [1.807, 2.05) is 6.92 Å². The van der Waals surface area contributed by atoms with Gasteiger partial charge in [-0.3, -0.25) is 0 Å². The number of ether oxygens (including phenoxy) is 2. The van der Waals surface area contributed by atoms with Crippen molar-refractivity contribution in [1.82, 2.24) is 4.98 Å². The highest BCUT2D eigenvalue weighted by atomic mass is 32.2. The first-order valence-corrected chi connectivity index (χ1v) is 11.4. The van der Waals surface area contributed by atoms with Gasteiger partial charge >= 0.3 is 5.97 Å². The summed E-state index contributed by atoms with van der Waals surface area (Å²) in [5.74, 6) is -1.20. The second kappa shape index (κ2) is 9.44. The van der Waals surface area contributed by atoms with Crippen LogP contribution in [0, 0.1) is 0 Å². The summed E-state index contributed by atoms with van der Waals surface area (Å²) in [4.78, 5) is 16.2. The number of aromatic carboxylic acids is 1. The quantitative estimate of drug-likeness (QED) is 0.543. The smallest absolute Gasteiger partial charge is 0.341 e. The molecule has 2 aromatic rings. The zero-order chi connectivity index (χ0) is 22.5. The van der Waals surface area contributed by atoms with Gasteiger partial charge in [-0.05, 0) is 44.0 Å². The number of aromatic nitrogens is 1. The number of carbonyl (C=O) groups is 1. The van der Waals surface area contributed by atoms with E-state index in [1.165, 1.54) is 18.2 Å². The number of benzene rings is 1. The molecule has 0 amide bonds. The van der Waals surface area contributed by atoms with E-state index < -0.39 is 21.4 Å². The van der Waals surface area contributed by atoms with Gasteiger partial charge in [0.1, 0.15) is 12.2 Å². The van der Waals surface area contributed by atoms with Gasteiger partial charge in [-0.2, -0.15) is 4.98 Å². The fourth-order valence-corrected chi connectivity index (χ4v) is 3.13. The van der Waals surface area contributed by atoms with Crippen molar-refractivity contribution in [2.24, 2.45) is 0 Å². The molecule has 0 saturated heterocycles. The molecule has 1 heterocycles. The van der Waals surface area contributed by atoms with E-state index in [4.69, 9.17) is 9.47 Å². The van der Waals surface area contributed by atoms with Crippen LogP contribution in [-0.4, -0.2) is 54.7 Å². The second-order valence-corrected chi connectivity index (χ2v) is 9.61. The lowest BCUT2D eigenvalue weighted by Crippen LogP contribution is -2.28. The number of rotatable bonds is 10. The summed E-state index contributed by atoms with van der Waals surface area (Å²) in [6.45, 7) is 5.33. The average Bonchev–Trinajstić information content (AvgIpc) is 2.65. The van der Waals surface area contributed by atoms with E-state index in [2.05, 4.69) is 4.98 Å². The number of pyridine rings is 1. The molecule has 0 spiro atoms. The zero-order valence-corrected chi connectivity index (χ0v) is 18.3. The maximum atomic E-state index is 11.8. The van der Waals surface area contributed by atoms with Crippen LogP contribution in [0.1, 0.15) is 44.0 Å². The van der Waals surface area contributed by atoms with Crippen molar-refractivity contribution in [3.63, 3.8) is 0 Å². The summed E-state index contributed by atoms with van der Waals surface area (Å²) in [7, 11) is -3.38. The second-order valence-electron chi connectivity index (χ2n) is 7.60. The van der Waals surface area contributed by atoms with Gasteiger partial charge in [0.15, 0.2) is 9.84 Å². The van der Waals surface area contributed by atoms with E-state index in [0.717, 1.165) is 19.1 Å². The van der Waals surface area contributed by atoms with Crippen LogP contribution in [0.5, 0.6) is 11.8 Å². The number of hydrogen-bond donors (Lipinski definition) is 2. The molecule has 2 N–H and O–H groups in total. The average molecular weight is 438 g/mol. The van der Waals surface area contributed by atoms with Gasteiger partial charge in [0, 0.05) is 11.8 Å². The van der Waals surface area contributed by atoms with Crippen LogP contribution >= 0.6 is 0 Å². The number of sulfone groups is 1. The summed E-state index contributed by atoms with van der Waals surface area (Å²) in [6, 6.07) is 7.33. The Morgan fingerprint density at radius 3 is 2.27 bits per heavy atom. The van der Waals surface area contributed by atoms with Gasteiger partial charge in [-0.1, -0.05) is 25.5 Å². The highest BCUT2D eigenvalue weighted by molar-refractivity contribution is 7.90. The number of aliphatic hydroxyl groups is 1. The van der Waals surface area contributed by atoms with Gasteiger partial charge in [0.05, 0.1) is 17.1 Å². The highest BCUT2D eigenvalue weighted by Gasteiger charge is 2.22. The molecule has 0 atom stereocenters. The lowest BCUT2D eigenvalue weighted by molar-refractivity contribution is 0.0267. The van der Waals surface area contributed by atoms with Crippen molar-refractivity contribution in [2.45, 2.75) is 44.1 Å². The van der Waals surface area contributed by atoms with Crippen LogP contribution in [-0.2, 0) is 9.84 Å². The Balaban J connectivity index is 2.57. The maximum Gasteiger partial charge on any atom is 0.341 e. The minimum atomic E-state index is -3.38. The van der Waals surface area contributed by atoms with Gasteiger partial charge in [0.2, 0.25) is 11.8 Å². The van der Waals surface area contributed by atoms with E-state index in [9.17, 15) is 23.4 Å². The van der Waals surface area contributed by atoms with Gasteiger partial charge in [0.25, 0.3) is 0 Å². The van der Waals surface area contributed by atoms with Crippen molar-refractivity contribution >= 4 is 15.8 Å². The SMILES string of the molecule is CCCCOc1nc(OCC(C)(C)O)c(-c2ccc(S(C)(=O)=O)cc2)cc1C(=O)O. The summed E-state index contributed by atoms with van der Waals surface area (Å²) in [5.41, 5.74) is -0.417. The molecule has 0 fully saturated rings. The molecule has 9 heteroatoms. The molecule has 0 radical (unpaired) electrons. The summed E-state index contributed by atoms with van der Waals surface area (Å²) in [5, 5.41) is 19.6. The van der Waals surface area contributed by atoms with Gasteiger partial charge in [-0.15, -0.1) is 0 Å². The Labute approximate surface area is 176 Å². The molecular weight excluding hydrogens is 410 g/mol. The first-order valence-electron chi connectivity index (χ1n) is 9.49. The minimum absolute atomic E-state index is 0.0711. The Kier molecular flexibility index (Phi) is 7.44. The Morgan fingerprint density at radius 2 is 1.77 bits per heavy atom. The largest absolute Gasteiger partial charge is 0.477 e. The van der Waals surface area contributed by atoms with Crippen LogP contribution in [0.25, 0.3) is 11.1 Å². The van der Waals surface area contributed by atoms with Crippen molar-refractivity contribution in [1.29, 1.82) is 0 Å². The van der Waals surface area contributed by atoms with Crippen molar-refractivity contribution in [3.8, 4) is 22.9 Å². The first kappa shape index (κ1) is 23.6. The minimum Gasteiger partial charge on any atom is -0.477 e. The maximum absolute atomic E-state index is 11.8. The summed E-state index contributed by atoms with van der Waals surface area (Å²) < 4.78 is 34.7. The Bertz CT molecular complexity index is 993. The molecule has 8 nitrogen and oxygen atoms in total. The third-order valence-electron chi connectivity index (χ3n) is 4.08. The van der Waals surface area contributed by atoms with E-state index in [0.29, 0.717) is 17.7 Å². The molecule has 30 heavy (non-hydrogen) atoms. The Morgan fingerprint density at radius 1 is 1.13 bits per heavy atom. The molecule has 1 aromatic heterocycles. The molecule has 0 aliphatic rings. The fraction of sp³-hybridized carbons (Fsp3) is 0.429. The molecule has 0 bridgehead atoms. The molecule has 0 saturated carbocycles. The molecular formula is C21H27NO7S. The number of nitrogens with zero attached hydrogens (tertiary/aromatic N) is 1. The van der Waals surface area contributed by atoms with Crippen LogP contribution in [0.2, 0.25) is 0 Å². The summed E-state index contributed by atoms with van der Waals surface area (Å²) >= 11 is 0. The highest BCUT2D eigenvalue weighted by Crippen LogP contribution is 2.34. The van der Waals surface area contributed by atoms with Crippen LogP contribution in [0.15, 0.2) is 35.2 Å². The van der Waals surface area contributed by atoms with Gasteiger partial charge in [-0.25, -0.2) is 13.2 Å². The predicted octanol–water partition coefficient (Wildman–Crippen LogP) is 3.18. The number of hydrogen-bond acceptors (Lipinski definition) is 7. The van der Waals surface area contributed by atoms with Crippen molar-refractivity contribution in [3.05, 3.63) is 35.9 Å². The van der Waals surface area contributed by atoms with Crippen molar-refractivity contribution in [2.75, 3.05) is 19.5 Å². The predicted molar refractivity (Wildman–Crippen MR) is 112 cm³/mol. The van der Waals surface area contributed by atoms with E-state index in [1.54, 1.807) is 26.0 Å². The topological polar surface area (TPSA) is 123 Å². The third kappa shape index (κ3) is 6.43. The number of carboxylic acids is 1. The van der Waals surface area contributed by atoms with Crippen LogP contribution in [0.4, 0.5) is 0 Å².